The highest BCUT2D eigenvalue weighted by Crippen LogP contribution is 2.49. The molecule has 0 unspecified atom stereocenters. The van der Waals surface area contributed by atoms with Crippen LogP contribution in [0.3, 0.4) is 0 Å². The van der Waals surface area contributed by atoms with Gasteiger partial charge in [-0.05, 0) is 32.1 Å². The van der Waals surface area contributed by atoms with Crippen molar-refractivity contribution < 1.29 is 35.8 Å². The first-order valence-corrected chi connectivity index (χ1v) is 16.4. The van der Waals surface area contributed by atoms with Crippen molar-refractivity contribution in [3.63, 3.8) is 0 Å². The highest BCUT2D eigenvalue weighted by Gasteiger charge is 2.71. The third kappa shape index (κ3) is 18.1. The van der Waals surface area contributed by atoms with E-state index in [2.05, 4.69) is 13.8 Å². The molecule has 0 heterocycles. The van der Waals surface area contributed by atoms with Crippen LogP contribution < -0.4 is 0 Å². The van der Waals surface area contributed by atoms with Gasteiger partial charge in [-0.2, -0.15) is 26.3 Å². The molecule has 0 aliphatic rings. The lowest BCUT2D eigenvalue weighted by Crippen LogP contribution is -2.53. The number of halogens is 7. The first kappa shape index (κ1) is 39.5. The molecule has 242 valence electrons. The summed E-state index contributed by atoms with van der Waals surface area (Å²) in [6.45, 7) is 4.42. The molecule has 0 atom stereocenters. The molecule has 0 bridgehead atoms. The standard InChI is InChI=1S/C32H59F7O/c1-3-5-7-9-13-17-21-25-29(40,26-22-18-14-10-8-6-4-2)27-23-19-15-11-12-16-20-24-28-30(33,31(34,35)36)32(37,38)39/h40H,3-28H2,1-2H3. The Hall–Kier alpha value is -0.530. The highest BCUT2D eigenvalue weighted by atomic mass is 19.4. The lowest BCUT2D eigenvalue weighted by Gasteiger charge is -2.29. The average molecular weight is 593 g/mol. The molecule has 0 saturated heterocycles. The van der Waals surface area contributed by atoms with Crippen molar-refractivity contribution in [1.82, 2.24) is 0 Å². The summed E-state index contributed by atoms with van der Waals surface area (Å²) in [5.41, 5.74) is -5.73. The van der Waals surface area contributed by atoms with Gasteiger partial charge in [-0.3, -0.25) is 0 Å². The second kappa shape index (κ2) is 22.1. The minimum Gasteiger partial charge on any atom is -0.390 e. The number of hydrogen-bond donors (Lipinski definition) is 1. The maximum absolute atomic E-state index is 13.7. The van der Waals surface area contributed by atoms with E-state index in [1.807, 2.05) is 0 Å². The molecule has 0 aliphatic carbocycles. The van der Waals surface area contributed by atoms with Crippen molar-refractivity contribution in [3.05, 3.63) is 0 Å². The second-order valence-electron chi connectivity index (χ2n) is 12.1. The Bertz CT molecular complexity index is 543. The van der Waals surface area contributed by atoms with E-state index in [-0.39, 0.29) is 6.42 Å². The van der Waals surface area contributed by atoms with Crippen LogP contribution in [-0.2, 0) is 0 Å². The van der Waals surface area contributed by atoms with Crippen LogP contribution in [0.4, 0.5) is 30.7 Å². The summed E-state index contributed by atoms with van der Waals surface area (Å²) < 4.78 is 89.3. The fraction of sp³-hybridized carbons (Fsp3) is 1.00. The van der Waals surface area contributed by atoms with Crippen molar-refractivity contribution in [1.29, 1.82) is 0 Å². The molecule has 0 aromatic carbocycles. The van der Waals surface area contributed by atoms with Crippen LogP contribution in [-0.4, -0.2) is 28.7 Å². The van der Waals surface area contributed by atoms with Gasteiger partial charge in [0.25, 0.3) is 5.67 Å². The molecule has 8 heteroatoms. The first-order chi connectivity index (χ1) is 18.8. The molecular weight excluding hydrogens is 533 g/mol. The smallest absolute Gasteiger partial charge is 0.390 e. The largest absolute Gasteiger partial charge is 0.431 e. The quantitative estimate of drug-likeness (QED) is 0.0743. The lowest BCUT2D eigenvalue weighted by molar-refractivity contribution is -0.343. The van der Waals surface area contributed by atoms with Crippen molar-refractivity contribution in [2.45, 2.75) is 204 Å². The predicted molar refractivity (Wildman–Crippen MR) is 152 cm³/mol. The van der Waals surface area contributed by atoms with Crippen molar-refractivity contribution in [2.75, 3.05) is 0 Å². The van der Waals surface area contributed by atoms with Gasteiger partial charge in [0.2, 0.25) is 0 Å². The molecular formula is C32H59F7O. The van der Waals surface area contributed by atoms with Crippen LogP contribution in [0.15, 0.2) is 0 Å². The zero-order chi connectivity index (χ0) is 30.4. The summed E-state index contributed by atoms with van der Waals surface area (Å²) in [5, 5.41) is 11.4. The third-order valence-corrected chi connectivity index (χ3v) is 8.30. The molecule has 0 aliphatic heterocycles. The molecule has 0 saturated carbocycles. The lowest BCUT2D eigenvalue weighted by atomic mass is 9.85. The number of unbranched alkanes of at least 4 members (excludes halogenated alkanes) is 19. The van der Waals surface area contributed by atoms with E-state index < -0.39 is 36.5 Å². The van der Waals surface area contributed by atoms with Gasteiger partial charge in [-0.15, -0.1) is 0 Å². The van der Waals surface area contributed by atoms with E-state index >= 15 is 0 Å². The summed E-state index contributed by atoms with van der Waals surface area (Å²) in [7, 11) is 0. The molecule has 1 N–H and O–H groups in total. The van der Waals surface area contributed by atoms with Gasteiger partial charge < -0.3 is 5.11 Å². The Morgan fingerprint density at radius 1 is 0.350 bits per heavy atom. The van der Waals surface area contributed by atoms with Crippen LogP contribution in [0.5, 0.6) is 0 Å². The summed E-state index contributed by atoms with van der Waals surface area (Å²) in [6, 6.07) is 0. The first-order valence-electron chi connectivity index (χ1n) is 16.4. The van der Waals surface area contributed by atoms with Gasteiger partial charge in [-0.1, -0.05) is 149 Å². The highest BCUT2D eigenvalue weighted by molar-refractivity contribution is 4.94. The fourth-order valence-electron chi connectivity index (χ4n) is 5.52. The third-order valence-electron chi connectivity index (χ3n) is 8.30. The van der Waals surface area contributed by atoms with E-state index in [0.717, 1.165) is 57.8 Å². The Morgan fingerprint density at radius 2 is 0.575 bits per heavy atom. The van der Waals surface area contributed by atoms with E-state index in [1.165, 1.54) is 77.0 Å². The van der Waals surface area contributed by atoms with E-state index in [4.69, 9.17) is 0 Å². The van der Waals surface area contributed by atoms with Crippen molar-refractivity contribution in [3.8, 4) is 0 Å². The summed E-state index contributed by atoms with van der Waals surface area (Å²) in [4.78, 5) is 0. The minimum atomic E-state index is -5.95. The Labute approximate surface area is 240 Å². The van der Waals surface area contributed by atoms with E-state index in [9.17, 15) is 35.8 Å². The zero-order valence-electron chi connectivity index (χ0n) is 25.5. The normalized spacial score (nSPS) is 13.3. The van der Waals surface area contributed by atoms with Gasteiger partial charge >= 0.3 is 12.4 Å². The fourth-order valence-corrected chi connectivity index (χ4v) is 5.52. The summed E-state index contributed by atoms with van der Waals surface area (Å²) in [6.07, 6.45) is 10.6. The Morgan fingerprint density at radius 3 is 0.825 bits per heavy atom. The summed E-state index contributed by atoms with van der Waals surface area (Å²) in [5.74, 6) is 0. The Balaban J connectivity index is 4.25. The monoisotopic (exact) mass is 592 g/mol. The maximum atomic E-state index is 13.7. The molecule has 0 spiro atoms. The van der Waals surface area contributed by atoms with Crippen LogP contribution >= 0.6 is 0 Å². The number of rotatable bonds is 27. The van der Waals surface area contributed by atoms with Crippen molar-refractivity contribution in [2.24, 2.45) is 0 Å². The zero-order valence-corrected chi connectivity index (χ0v) is 25.5. The molecule has 0 radical (unpaired) electrons. The number of hydrogen-bond acceptors (Lipinski definition) is 1. The van der Waals surface area contributed by atoms with E-state index in [0.29, 0.717) is 12.8 Å². The van der Waals surface area contributed by atoms with Crippen LogP contribution in [0.25, 0.3) is 0 Å². The topological polar surface area (TPSA) is 20.2 Å². The van der Waals surface area contributed by atoms with Crippen LogP contribution in [0, 0.1) is 0 Å². The molecule has 0 rings (SSSR count). The van der Waals surface area contributed by atoms with Gasteiger partial charge in [0.1, 0.15) is 0 Å². The van der Waals surface area contributed by atoms with Crippen LogP contribution in [0.1, 0.15) is 181 Å². The minimum absolute atomic E-state index is 0.147. The van der Waals surface area contributed by atoms with Gasteiger partial charge in [-0.25, -0.2) is 4.39 Å². The Kier molecular flexibility index (Phi) is 21.8. The van der Waals surface area contributed by atoms with E-state index in [1.54, 1.807) is 0 Å². The molecule has 40 heavy (non-hydrogen) atoms. The van der Waals surface area contributed by atoms with Gasteiger partial charge in [0, 0.05) is 0 Å². The second-order valence-corrected chi connectivity index (χ2v) is 12.1. The number of alkyl halides is 7. The molecule has 0 aromatic rings. The SMILES string of the molecule is CCCCCCCCCC(O)(CCCCCCCCC)CCCCCCCCCCC(F)(C(F)(F)F)C(F)(F)F. The van der Waals surface area contributed by atoms with Crippen molar-refractivity contribution >= 4 is 0 Å². The van der Waals surface area contributed by atoms with Gasteiger partial charge in [0.05, 0.1) is 5.60 Å². The van der Waals surface area contributed by atoms with Crippen LogP contribution in [0.2, 0.25) is 0 Å². The average Bonchev–Trinajstić information content (AvgIpc) is 2.87. The predicted octanol–water partition coefficient (Wildman–Crippen LogP) is 12.7. The molecule has 0 aromatic heterocycles. The molecule has 1 nitrogen and oxygen atoms in total. The molecule has 0 amide bonds. The van der Waals surface area contributed by atoms with Gasteiger partial charge in [0.15, 0.2) is 0 Å². The maximum Gasteiger partial charge on any atom is 0.431 e. The molecule has 0 fully saturated rings. The number of aliphatic hydroxyl groups is 1. The summed E-state index contributed by atoms with van der Waals surface area (Å²) >= 11 is 0.